The third-order valence-electron chi connectivity index (χ3n) is 6.81. The molecule has 1 fully saturated rings. The quantitative estimate of drug-likeness (QED) is 0.268. The number of halogens is 6. The summed E-state index contributed by atoms with van der Waals surface area (Å²) in [5.74, 6) is -0.0566. The number of aromatic hydroxyl groups is 1. The van der Waals surface area contributed by atoms with Crippen LogP contribution in [0.15, 0.2) is 82.6 Å². The summed E-state index contributed by atoms with van der Waals surface area (Å²) in [5.41, 5.74) is -5.80. The van der Waals surface area contributed by atoms with Gasteiger partial charge in [0.05, 0.1) is 4.90 Å². The van der Waals surface area contributed by atoms with Gasteiger partial charge in [-0.05, 0) is 42.3 Å². The second kappa shape index (κ2) is 10.8. The summed E-state index contributed by atoms with van der Waals surface area (Å²) in [4.78, 5) is 1.87. The van der Waals surface area contributed by atoms with Gasteiger partial charge in [0.25, 0.3) is 5.60 Å². The Kier molecular flexibility index (Phi) is 8.11. The van der Waals surface area contributed by atoms with Crippen molar-refractivity contribution in [3.63, 3.8) is 0 Å². The minimum absolute atomic E-state index is 0.0176. The largest absolute Gasteiger partial charge is 0.508 e. The Morgan fingerprint density at radius 2 is 1.43 bits per heavy atom. The SMILES string of the molecule is O=S(=O)(c1ccccc1S)N1CCN(c2ccc(C(O)(C(F)(F)F)C(F)(F)F)cc2)[C@@H](Cc2ccccc2O)C1. The topological polar surface area (TPSA) is 81.1 Å². The highest BCUT2D eigenvalue weighted by Crippen LogP contribution is 2.50. The van der Waals surface area contributed by atoms with Gasteiger partial charge >= 0.3 is 12.4 Å². The fourth-order valence-electron chi connectivity index (χ4n) is 4.69. The highest BCUT2D eigenvalue weighted by Gasteiger charge is 2.71. The maximum absolute atomic E-state index is 13.4. The Labute approximate surface area is 231 Å². The van der Waals surface area contributed by atoms with Crippen molar-refractivity contribution < 1.29 is 45.0 Å². The van der Waals surface area contributed by atoms with E-state index in [1.165, 1.54) is 22.5 Å². The van der Waals surface area contributed by atoms with Crippen LogP contribution in [0, 0.1) is 0 Å². The smallest absolute Gasteiger partial charge is 0.430 e. The number of nitrogens with zero attached hydrogens (tertiary/aromatic N) is 2. The van der Waals surface area contributed by atoms with Gasteiger partial charge in [-0.2, -0.15) is 30.6 Å². The Hall–Kier alpha value is -2.94. The predicted octanol–water partition coefficient (Wildman–Crippen LogP) is 5.12. The molecule has 1 heterocycles. The number of rotatable bonds is 6. The van der Waals surface area contributed by atoms with Crippen molar-refractivity contribution in [2.24, 2.45) is 0 Å². The van der Waals surface area contributed by atoms with Gasteiger partial charge in [0.15, 0.2) is 0 Å². The Morgan fingerprint density at radius 1 is 0.850 bits per heavy atom. The Balaban J connectivity index is 1.70. The average Bonchev–Trinajstić information content (AvgIpc) is 2.88. The lowest BCUT2D eigenvalue weighted by atomic mass is 9.92. The van der Waals surface area contributed by atoms with Gasteiger partial charge in [0.2, 0.25) is 10.0 Å². The van der Waals surface area contributed by atoms with Crippen molar-refractivity contribution >= 4 is 28.3 Å². The molecule has 0 amide bonds. The molecule has 0 bridgehead atoms. The van der Waals surface area contributed by atoms with Crippen LogP contribution >= 0.6 is 12.6 Å². The number of phenols is 1. The van der Waals surface area contributed by atoms with E-state index >= 15 is 0 Å². The second-order valence-electron chi connectivity index (χ2n) is 9.26. The molecule has 2 N–H and O–H groups in total. The number of sulfonamides is 1. The molecular weight excluding hydrogens is 582 g/mol. The van der Waals surface area contributed by atoms with E-state index in [-0.39, 0.29) is 47.3 Å². The summed E-state index contributed by atoms with van der Waals surface area (Å²) in [7, 11) is -4.01. The Morgan fingerprint density at radius 3 is 2.00 bits per heavy atom. The minimum Gasteiger partial charge on any atom is -0.508 e. The van der Waals surface area contributed by atoms with Gasteiger partial charge in [0.1, 0.15) is 5.75 Å². The van der Waals surface area contributed by atoms with Crippen LogP contribution in [-0.4, -0.2) is 61.0 Å². The van der Waals surface area contributed by atoms with Crippen molar-refractivity contribution in [2.75, 3.05) is 24.5 Å². The van der Waals surface area contributed by atoms with Crippen molar-refractivity contribution in [3.8, 4) is 5.75 Å². The monoisotopic (exact) mass is 606 g/mol. The molecule has 0 saturated carbocycles. The van der Waals surface area contributed by atoms with Crippen LogP contribution in [0.1, 0.15) is 11.1 Å². The number of anilines is 1. The fraction of sp³-hybridized carbons (Fsp3) is 0.308. The van der Waals surface area contributed by atoms with Gasteiger partial charge in [-0.3, -0.25) is 0 Å². The first kappa shape index (κ1) is 30.0. The number of piperazine rings is 1. The molecule has 3 aromatic rings. The molecule has 3 aromatic carbocycles. The van der Waals surface area contributed by atoms with Crippen LogP contribution in [0.3, 0.4) is 0 Å². The lowest BCUT2D eigenvalue weighted by Gasteiger charge is -2.42. The van der Waals surface area contributed by atoms with Gasteiger partial charge in [-0.25, -0.2) is 8.42 Å². The molecule has 14 heteroatoms. The first-order valence-electron chi connectivity index (χ1n) is 11.9. The molecule has 0 radical (unpaired) electrons. The van der Waals surface area contributed by atoms with E-state index < -0.39 is 39.6 Å². The molecule has 0 aliphatic carbocycles. The molecule has 4 rings (SSSR count). The van der Waals surface area contributed by atoms with Crippen LogP contribution in [0.5, 0.6) is 5.75 Å². The highest BCUT2D eigenvalue weighted by atomic mass is 32.2. The fourth-order valence-corrected chi connectivity index (χ4v) is 6.75. The van der Waals surface area contributed by atoms with E-state index in [1.807, 2.05) is 0 Å². The maximum atomic E-state index is 13.4. The number of para-hydroxylation sites is 1. The molecule has 1 aliphatic heterocycles. The first-order valence-corrected chi connectivity index (χ1v) is 13.7. The zero-order valence-electron chi connectivity index (χ0n) is 20.6. The van der Waals surface area contributed by atoms with Gasteiger partial charge in [-0.15, -0.1) is 12.6 Å². The number of aliphatic hydroxyl groups is 1. The van der Waals surface area contributed by atoms with Crippen LogP contribution in [0.4, 0.5) is 32.0 Å². The number of hydrogen-bond donors (Lipinski definition) is 3. The summed E-state index contributed by atoms with van der Waals surface area (Å²) in [6.45, 7) is -0.109. The van der Waals surface area contributed by atoms with E-state index in [4.69, 9.17) is 0 Å². The molecule has 6 nitrogen and oxygen atoms in total. The van der Waals surface area contributed by atoms with Crippen LogP contribution < -0.4 is 4.90 Å². The number of benzene rings is 3. The number of thiol groups is 1. The molecule has 0 spiro atoms. The highest BCUT2D eigenvalue weighted by molar-refractivity contribution is 7.90. The number of alkyl halides is 6. The summed E-state index contributed by atoms with van der Waals surface area (Å²) in [6.07, 6.45) is -11.9. The van der Waals surface area contributed by atoms with Gasteiger partial charge in [0, 0.05) is 41.8 Å². The van der Waals surface area contributed by atoms with Crippen molar-refractivity contribution in [2.45, 2.75) is 40.2 Å². The zero-order chi connectivity index (χ0) is 29.5. The van der Waals surface area contributed by atoms with Crippen LogP contribution in [-0.2, 0) is 22.0 Å². The Bertz CT molecular complexity index is 1450. The summed E-state index contributed by atoms with van der Waals surface area (Å²) in [6, 6.07) is 14.9. The molecule has 216 valence electrons. The molecular formula is C26H24F6N2O4S2. The second-order valence-corrected chi connectivity index (χ2v) is 11.7. The lowest BCUT2D eigenvalue weighted by Crippen LogP contribution is -2.56. The third-order valence-corrected chi connectivity index (χ3v) is 9.28. The summed E-state index contributed by atoms with van der Waals surface area (Å²) < 4.78 is 108. The van der Waals surface area contributed by atoms with Gasteiger partial charge < -0.3 is 15.1 Å². The van der Waals surface area contributed by atoms with E-state index in [1.54, 1.807) is 35.2 Å². The number of hydrogen-bond acceptors (Lipinski definition) is 6. The average molecular weight is 607 g/mol. The summed E-state index contributed by atoms with van der Waals surface area (Å²) in [5, 5.41) is 20.0. The van der Waals surface area contributed by atoms with E-state index in [2.05, 4.69) is 12.6 Å². The van der Waals surface area contributed by atoms with E-state index in [9.17, 15) is 45.0 Å². The first-order chi connectivity index (χ1) is 18.6. The molecule has 1 saturated heterocycles. The molecule has 0 aromatic heterocycles. The van der Waals surface area contributed by atoms with Crippen LogP contribution in [0.25, 0.3) is 0 Å². The lowest BCUT2D eigenvalue weighted by molar-refractivity contribution is -0.376. The van der Waals surface area contributed by atoms with E-state index in [0.29, 0.717) is 17.7 Å². The molecule has 40 heavy (non-hydrogen) atoms. The van der Waals surface area contributed by atoms with E-state index in [0.717, 1.165) is 12.1 Å². The van der Waals surface area contributed by atoms with Crippen molar-refractivity contribution in [1.29, 1.82) is 0 Å². The number of phenolic OH excluding ortho intramolecular Hbond substituents is 1. The normalized spacial score (nSPS) is 17.7. The predicted molar refractivity (Wildman–Crippen MR) is 138 cm³/mol. The summed E-state index contributed by atoms with van der Waals surface area (Å²) >= 11 is 4.25. The van der Waals surface area contributed by atoms with Gasteiger partial charge in [-0.1, -0.05) is 42.5 Å². The molecule has 1 atom stereocenters. The van der Waals surface area contributed by atoms with Crippen molar-refractivity contribution in [3.05, 3.63) is 83.9 Å². The zero-order valence-corrected chi connectivity index (χ0v) is 22.3. The minimum atomic E-state index is -6.02. The molecule has 1 aliphatic rings. The maximum Gasteiger partial charge on any atom is 0.430 e. The van der Waals surface area contributed by atoms with Crippen molar-refractivity contribution in [1.82, 2.24) is 4.31 Å². The molecule has 0 unspecified atom stereocenters. The third kappa shape index (κ3) is 5.49. The van der Waals surface area contributed by atoms with Crippen LogP contribution in [0.2, 0.25) is 0 Å². The standard InChI is InChI=1S/C26H24F6N2O4S2/c27-25(28,29)24(36,26(30,31)32)18-9-11-19(12-10-18)34-14-13-33(40(37,38)23-8-4-3-7-22(23)39)16-20(34)15-17-5-1-2-6-21(17)35/h1-12,20,35-36,39H,13-16H2/t20-/m0/s1.